The second-order valence-corrected chi connectivity index (χ2v) is 7.84. The second-order valence-electron chi connectivity index (χ2n) is 7.84. The Balaban J connectivity index is 1.71. The van der Waals surface area contributed by atoms with E-state index in [2.05, 4.69) is 0 Å². The summed E-state index contributed by atoms with van der Waals surface area (Å²) in [6, 6.07) is 13.1. The fraction of sp³-hybridized carbons (Fsp3) is 0.250. The number of hydrogen-bond donors (Lipinski definition) is 0. The van der Waals surface area contributed by atoms with E-state index in [1.54, 1.807) is 42.5 Å². The van der Waals surface area contributed by atoms with Gasteiger partial charge in [0.05, 0.1) is 22.8 Å². The average molecular weight is 431 g/mol. The van der Waals surface area contributed by atoms with Crippen LogP contribution in [-0.4, -0.2) is 36.4 Å². The molecule has 2 aliphatic heterocycles. The molecule has 0 radical (unpaired) electrons. The molecule has 162 valence electrons. The number of amides is 2. The number of carbonyl (C=O) groups excluding carboxylic acids is 2. The first-order valence-corrected chi connectivity index (χ1v) is 10.6. The molecule has 2 aliphatic rings. The van der Waals surface area contributed by atoms with Crippen molar-refractivity contribution in [2.45, 2.75) is 19.8 Å². The first-order valence-electron chi connectivity index (χ1n) is 10.6. The van der Waals surface area contributed by atoms with Crippen LogP contribution in [0.4, 0.5) is 17.1 Å². The third kappa shape index (κ3) is 2.98. The Kier molecular flexibility index (Phi) is 4.77. The van der Waals surface area contributed by atoms with Crippen molar-refractivity contribution >= 4 is 39.6 Å². The van der Waals surface area contributed by atoms with Gasteiger partial charge in [-0.1, -0.05) is 12.1 Å². The SMILES string of the molecule is CCOc1ccc(N2C(=O)c3cccc4c(N5CCCC5)c([N+](=O)[O-])cc(c34)C2=O)cc1. The molecule has 8 heteroatoms. The Morgan fingerprint density at radius 1 is 1.00 bits per heavy atom. The summed E-state index contributed by atoms with van der Waals surface area (Å²) in [5, 5.41) is 13.0. The molecule has 5 rings (SSSR count). The van der Waals surface area contributed by atoms with E-state index in [-0.39, 0.29) is 11.3 Å². The summed E-state index contributed by atoms with van der Waals surface area (Å²) >= 11 is 0. The predicted octanol–water partition coefficient (Wildman–Crippen LogP) is 4.55. The van der Waals surface area contributed by atoms with Gasteiger partial charge in [0.2, 0.25) is 0 Å². The van der Waals surface area contributed by atoms with Crippen molar-refractivity contribution in [2.24, 2.45) is 0 Å². The minimum atomic E-state index is -0.570. The number of imide groups is 1. The lowest BCUT2D eigenvalue weighted by Crippen LogP contribution is -2.40. The number of nitro groups is 1. The molecule has 0 spiro atoms. The van der Waals surface area contributed by atoms with Gasteiger partial charge < -0.3 is 9.64 Å². The first-order chi connectivity index (χ1) is 15.5. The fourth-order valence-electron chi connectivity index (χ4n) is 4.64. The molecule has 2 amide bonds. The summed E-state index contributed by atoms with van der Waals surface area (Å²) in [7, 11) is 0. The topological polar surface area (TPSA) is 93.0 Å². The van der Waals surface area contributed by atoms with Gasteiger partial charge in [0.15, 0.2) is 0 Å². The van der Waals surface area contributed by atoms with E-state index in [0.717, 1.165) is 17.7 Å². The zero-order chi connectivity index (χ0) is 22.4. The van der Waals surface area contributed by atoms with Crippen LogP contribution in [0.1, 0.15) is 40.5 Å². The molecular formula is C24H21N3O5. The van der Waals surface area contributed by atoms with E-state index in [9.17, 15) is 19.7 Å². The van der Waals surface area contributed by atoms with Gasteiger partial charge in [0, 0.05) is 35.5 Å². The van der Waals surface area contributed by atoms with Gasteiger partial charge >= 0.3 is 0 Å². The number of anilines is 2. The summed E-state index contributed by atoms with van der Waals surface area (Å²) in [5.74, 6) is -0.390. The molecule has 1 fully saturated rings. The summed E-state index contributed by atoms with van der Waals surface area (Å²) in [4.78, 5) is 41.5. The van der Waals surface area contributed by atoms with E-state index < -0.39 is 16.7 Å². The van der Waals surface area contributed by atoms with Gasteiger partial charge in [-0.25, -0.2) is 4.90 Å². The van der Waals surface area contributed by atoms with Crippen LogP contribution < -0.4 is 14.5 Å². The minimum Gasteiger partial charge on any atom is -0.494 e. The lowest BCUT2D eigenvalue weighted by molar-refractivity contribution is -0.384. The van der Waals surface area contributed by atoms with Gasteiger partial charge in [0.1, 0.15) is 11.4 Å². The van der Waals surface area contributed by atoms with Crippen LogP contribution in [0.3, 0.4) is 0 Å². The number of ether oxygens (including phenoxy) is 1. The Morgan fingerprint density at radius 2 is 1.69 bits per heavy atom. The van der Waals surface area contributed by atoms with Crippen LogP contribution >= 0.6 is 0 Å². The van der Waals surface area contributed by atoms with E-state index in [1.165, 1.54) is 6.07 Å². The molecule has 0 saturated carbocycles. The van der Waals surface area contributed by atoms with Gasteiger partial charge in [-0.3, -0.25) is 19.7 Å². The number of carbonyl (C=O) groups is 2. The molecule has 3 aromatic carbocycles. The summed E-state index contributed by atoms with van der Waals surface area (Å²) in [5.41, 5.74) is 1.29. The lowest BCUT2D eigenvalue weighted by Gasteiger charge is -2.29. The van der Waals surface area contributed by atoms with E-state index in [1.807, 2.05) is 11.8 Å². The highest BCUT2D eigenvalue weighted by Gasteiger charge is 2.38. The van der Waals surface area contributed by atoms with Crippen LogP contribution in [0.15, 0.2) is 48.5 Å². The predicted molar refractivity (Wildman–Crippen MR) is 121 cm³/mol. The molecule has 0 aliphatic carbocycles. The molecule has 0 bridgehead atoms. The first kappa shape index (κ1) is 20.0. The Hall–Kier alpha value is -3.94. The van der Waals surface area contributed by atoms with Crippen LogP contribution in [0.25, 0.3) is 10.8 Å². The Bertz CT molecular complexity index is 1260. The highest BCUT2D eigenvalue weighted by molar-refractivity contribution is 6.37. The molecule has 0 unspecified atom stereocenters. The molecule has 0 aromatic heterocycles. The second kappa shape index (κ2) is 7.64. The maximum absolute atomic E-state index is 13.5. The zero-order valence-corrected chi connectivity index (χ0v) is 17.5. The van der Waals surface area contributed by atoms with Crippen LogP contribution in [0, 0.1) is 10.1 Å². The number of nitrogens with zero attached hydrogens (tertiary/aromatic N) is 3. The van der Waals surface area contributed by atoms with Gasteiger partial charge in [0.25, 0.3) is 17.5 Å². The summed E-state index contributed by atoms with van der Waals surface area (Å²) in [6.07, 6.45) is 1.90. The largest absolute Gasteiger partial charge is 0.494 e. The Labute approximate surface area is 184 Å². The maximum atomic E-state index is 13.5. The number of rotatable bonds is 5. The van der Waals surface area contributed by atoms with Crippen molar-refractivity contribution in [1.82, 2.24) is 0 Å². The van der Waals surface area contributed by atoms with Crippen LogP contribution in [0.2, 0.25) is 0 Å². The average Bonchev–Trinajstić information content (AvgIpc) is 3.32. The van der Waals surface area contributed by atoms with Crippen LogP contribution in [0.5, 0.6) is 5.75 Å². The third-order valence-electron chi connectivity index (χ3n) is 6.00. The Morgan fingerprint density at radius 3 is 2.34 bits per heavy atom. The quantitative estimate of drug-likeness (QED) is 0.334. The standard InChI is InChI=1S/C24H21N3O5/c1-2-32-16-10-8-15(9-11-16)26-23(28)18-7-5-6-17-21(18)19(24(26)29)14-20(27(30)31)22(17)25-12-3-4-13-25/h5-11,14H,2-4,12-13H2,1H3. The zero-order valence-electron chi connectivity index (χ0n) is 17.5. The highest BCUT2D eigenvalue weighted by atomic mass is 16.6. The number of nitro benzene ring substituents is 1. The molecule has 1 saturated heterocycles. The smallest absolute Gasteiger partial charge is 0.293 e. The molecule has 2 heterocycles. The van der Waals surface area contributed by atoms with E-state index >= 15 is 0 Å². The van der Waals surface area contributed by atoms with E-state index in [0.29, 0.717) is 53.2 Å². The van der Waals surface area contributed by atoms with Crippen molar-refractivity contribution in [3.8, 4) is 5.75 Å². The van der Waals surface area contributed by atoms with Crippen molar-refractivity contribution in [3.63, 3.8) is 0 Å². The van der Waals surface area contributed by atoms with Crippen molar-refractivity contribution in [1.29, 1.82) is 0 Å². The molecular weight excluding hydrogens is 410 g/mol. The lowest BCUT2D eigenvalue weighted by atomic mass is 9.91. The number of hydrogen-bond acceptors (Lipinski definition) is 6. The van der Waals surface area contributed by atoms with Gasteiger partial charge in [-0.15, -0.1) is 0 Å². The minimum absolute atomic E-state index is 0.110. The maximum Gasteiger partial charge on any atom is 0.293 e. The summed E-state index contributed by atoms with van der Waals surface area (Å²) in [6.45, 7) is 3.78. The number of benzene rings is 3. The van der Waals surface area contributed by atoms with Crippen molar-refractivity contribution in [3.05, 3.63) is 69.8 Å². The summed E-state index contributed by atoms with van der Waals surface area (Å²) < 4.78 is 5.44. The van der Waals surface area contributed by atoms with E-state index in [4.69, 9.17) is 4.74 Å². The molecule has 0 atom stereocenters. The van der Waals surface area contributed by atoms with Crippen molar-refractivity contribution < 1.29 is 19.2 Å². The highest BCUT2D eigenvalue weighted by Crippen LogP contribution is 2.43. The normalized spacial score (nSPS) is 15.5. The monoisotopic (exact) mass is 431 g/mol. The van der Waals surface area contributed by atoms with Gasteiger partial charge in [-0.05, 0) is 50.1 Å². The molecule has 32 heavy (non-hydrogen) atoms. The molecule has 8 nitrogen and oxygen atoms in total. The molecule has 3 aromatic rings. The fourth-order valence-corrected chi connectivity index (χ4v) is 4.64. The molecule has 0 N–H and O–H groups in total. The third-order valence-corrected chi connectivity index (χ3v) is 6.00. The van der Waals surface area contributed by atoms with Crippen LogP contribution in [-0.2, 0) is 0 Å². The van der Waals surface area contributed by atoms with Crippen molar-refractivity contribution in [2.75, 3.05) is 29.5 Å². The van der Waals surface area contributed by atoms with Gasteiger partial charge in [-0.2, -0.15) is 0 Å².